The van der Waals surface area contributed by atoms with Gasteiger partial charge < -0.3 is 5.11 Å². The standard InChI is InChI=1S/C14H9F3O2/c1-7-4-9(10(14(18)19)6-12(7)16)8-2-3-11(15)13(17)5-8/h2-6H,1H3,(H,18,19). The average molecular weight is 266 g/mol. The van der Waals surface area contributed by atoms with Crippen LogP contribution < -0.4 is 0 Å². The van der Waals surface area contributed by atoms with E-state index in [1.807, 2.05) is 0 Å². The van der Waals surface area contributed by atoms with Crippen LogP contribution in [0, 0.1) is 24.4 Å². The van der Waals surface area contributed by atoms with E-state index in [0.717, 1.165) is 18.2 Å². The minimum atomic E-state index is -1.33. The molecule has 0 aliphatic heterocycles. The topological polar surface area (TPSA) is 37.3 Å². The van der Waals surface area contributed by atoms with Crippen LogP contribution >= 0.6 is 0 Å². The molecule has 98 valence electrons. The fourth-order valence-electron chi connectivity index (χ4n) is 1.76. The minimum Gasteiger partial charge on any atom is -0.478 e. The number of carbonyl (C=O) groups is 1. The Morgan fingerprint density at radius 1 is 1.00 bits per heavy atom. The van der Waals surface area contributed by atoms with Gasteiger partial charge in [-0.2, -0.15) is 0 Å². The Morgan fingerprint density at radius 2 is 1.68 bits per heavy atom. The number of benzene rings is 2. The van der Waals surface area contributed by atoms with E-state index in [-0.39, 0.29) is 22.3 Å². The smallest absolute Gasteiger partial charge is 0.336 e. The zero-order valence-corrected chi connectivity index (χ0v) is 9.88. The average Bonchev–Trinajstić information content (AvgIpc) is 2.35. The fourth-order valence-corrected chi connectivity index (χ4v) is 1.76. The maximum atomic E-state index is 13.4. The summed E-state index contributed by atoms with van der Waals surface area (Å²) in [6.07, 6.45) is 0. The van der Waals surface area contributed by atoms with Gasteiger partial charge in [-0.1, -0.05) is 6.07 Å². The monoisotopic (exact) mass is 266 g/mol. The summed E-state index contributed by atoms with van der Waals surface area (Å²) >= 11 is 0. The van der Waals surface area contributed by atoms with Crippen LogP contribution in [0.25, 0.3) is 11.1 Å². The Bertz CT molecular complexity index is 666. The SMILES string of the molecule is Cc1cc(-c2ccc(F)c(F)c2)c(C(=O)O)cc1F. The van der Waals surface area contributed by atoms with Crippen molar-refractivity contribution in [2.24, 2.45) is 0 Å². The Balaban J connectivity index is 2.69. The predicted octanol–water partition coefficient (Wildman–Crippen LogP) is 3.78. The molecule has 0 bridgehead atoms. The molecule has 2 nitrogen and oxygen atoms in total. The molecule has 0 radical (unpaired) electrons. The summed E-state index contributed by atoms with van der Waals surface area (Å²) in [6, 6.07) is 5.20. The molecule has 2 aromatic carbocycles. The van der Waals surface area contributed by atoms with Gasteiger partial charge in [0.05, 0.1) is 5.56 Å². The van der Waals surface area contributed by atoms with Gasteiger partial charge in [-0.3, -0.25) is 0 Å². The molecular weight excluding hydrogens is 257 g/mol. The highest BCUT2D eigenvalue weighted by molar-refractivity contribution is 5.96. The van der Waals surface area contributed by atoms with Crippen LogP contribution in [0.4, 0.5) is 13.2 Å². The van der Waals surface area contributed by atoms with Gasteiger partial charge in [0, 0.05) is 0 Å². The van der Waals surface area contributed by atoms with E-state index < -0.39 is 23.4 Å². The van der Waals surface area contributed by atoms with Gasteiger partial charge >= 0.3 is 5.97 Å². The van der Waals surface area contributed by atoms with Crippen molar-refractivity contribution < 1.29 is 23.1 Å². The zero-order valence-electron chi connectivity index (χ0n) is 9.88. The molecule has 0 saturated carbocycles. The minimum absolute atomic E-state index is 0.144. The second-order valence-corrected chi connectivity index (χ2v) is 4.08. The molecule has 19 heavy (non-hydrogen) atoms. The lowest BCUT2D eigenvalue weighted by atomic mass is 9.97. The summed E-state index contributed by atoms with van der Waals surface area (Å²) in [7, 11) is 0. The first-order valence-corrected chi connectivity index (χ1v) is 5.39. The summed E-state index contributed by atoms with van der Waals surface area (Å²) in [4.78, 5) is 11.1. The van der Waals surface area contributed by atoms with Crippen LogP contribution in [0.1, 0.15) is 15.9 Å². The summed E-state index contributed by atoms with van der Waals surface area (Å²) in [5.41, 5.74) is 0.253. The van der Waals surface area contributed by atoms with Crippen molar-refractivity contribution in [3.63, 3.8) is 0 Å². The zero-order chi connectivity index (χ0) is 14.2. The van der Waals surface area contributed by atoms with Crippen LogP contribution in [0.3, 0.4) is 0 Å². The van der Waals surface area contributed by atoms with Crippen LogP contribution in [-0.4, -0.2) is 11.1 Å². The first-order chi connectivity index (χ1) is 8.90. The number of carboxylic acid groups (broad SMARTS) is 1. The summed E-state index contributed by atoms with van der Waals surface area (Å²) in [5, 5.41) is 9.03. The first kappa shape index (κ1) is 13.1. The molecule has 0 fully saturated rings. The lowest BCUT2D eigenvalue weighted by Crippen LogP contribution is -2.02. The Hall–Kier alpha value is -2.30. The highest BCUT2D eigenvalue weighted by Crippen LogP contribution is 2.28. The van der Waals surface area contributed by atoms with Gasteiger partial charge in [0.25, 0.3) is 0 Å². The molecule has 0 unspecified atom stereocenters. The number of carboxylic acids is 1. The third kappa shape index (κ3) is 2.45. The third-order valence-electron chi connectivity index (χ3n) is 2.76. The number of hydrogen-bond donors (Lipinski definition) is 1. The van der Waals surface area contributed by atoms with Crippen LogP contribution in [-0.2, 0) is 0 Å². The van der Waals surface area contributed by atoms with Crippen molar-refractivity contribution >= 4 is 5.97 Å². The Labute approximate surface area is 107 Å². The maximum absolute atomic E-state index is 13.4. The van der Waals surface area contributed by atoms with E-state index in [1.165, 1.54) is 19.1 Å². The molecule has 0 amide bonds. The second kappa shape index (κ2) is 4.76. The molecule has 0 spiro atoms. The molecule has 5 heteroatoms. The lowest BCUT2D eigenvalue weighted by molar-refractivity contribution is 0.0697. The summed E-state index contributed by atoms with van der Waals surface area (Å²) in [6.45, 7) is 1.46. The van der Waals surface area contributed by atoms with Gasteiger partial charge in [0.15, 0.2) is 11.6 Å². The largest absolute Gasteiger partial charge is 0.478 e. The van der Waals surface area contributed by atoms with Crippen molar-refractivity contribution in [2.75, 3.05) is 0 Å². The number of aromatic carboxylic acids is 1. The predicted molar refractivity (Wildman–Crippen MR) is 63.4 cm³/mol. The van der Waals surface area contributed by atoms with Crippen molar-refractivity contribution in [1.29, 1.82) is 0 Å². The Kier molecular flexibility index (Phi) is 3.29. The molecule has 0 aliphatic rings. The lowest BCUT2D eigenvalue weighted by Gasteiger charge is -2.09. The molecule has 0 aliphatic carbocycles. The Morgan fingerprint density at radius 3 is 2.26 bits per heavy atom. The van der Waals surface area contributed by atoms with Crippen LogP contribution in [0.2, 0.25) is 0 Å². The number of halogens is 3. The number of aryl methyl sites for hydroxylation is 1. The number of hydrogen-bond acceptors (Lipinski definition) is 1. The highest BCUT2D eigenvalue weighted by Gasteiger charge is 2.16. The maximum Gasteiger partial charge on any atom is 0.336 e. The van der Waals surface area contributed by atoms with Crippen molar-refractivity contribution in [3.05, 3.63) is 58.9 Å². The molecule has 0 saturated heterocycles. The van der Waals surface area contributed by atoms with Crippen molar-refractivity contribution in [2.45, 2.75) is 6.92 Å². The molecule has 1 N–H and O–H groups in total. The molecule has 0 aromatic heterocycles. The summed E-state index contributed by atoms with van der Waals surface area (Å²) < 4.78 is 39.4. The fraction of sp³-hybridized carbons (Fsp3) is 0.0714. The molecular formula is C14H9F3O2. The molecule has 2 aromatic rings. The van der Waals surface area contributed by atoms with Gasteiger partial charge in [-0.15, -0.1) is 0 Å². The number of rotatable bonds is 2. The van der Waals surface area contributed by atoms with E-state index in [1.54, 1.807) is 0 Å². The summed E-state index contributed by atoms with van der Waals surface area (Å²) in [5.74, 6) is -4.11. The van der Waals surface area contributed by atoms with Gasteiger partial charge in [0.2, 0.25) is 0 Å². The quantitative estimate of drug-likeness (QED) is 0.898. The van der Waals surface area contributed by atoms with Gasteiger partial charge in [-0.05, 0) is 47.9 Å². The van der Waals surface area contributed by atoms with Gasteiger partial charge in [0.1, 0.15) is 5.82 Å². The second-order valence-electron chi connectivity index (χ2n) is 4.08. The van der Waals surface area contributed by atoms with E-state index in [2.05, 4.69) is 0 Å². The van der Waals surface area contributed by atoms with Gasteiger partial charge in [-0.25, -0.2) is 18.0 Å². The molecule has 0 atom stereocenters. The third-order valence-corrected chi connectivity index (χ3v) is 2.76. The van der Waals surface area contributed by atoms with Crippen LogP contribution in [0.5, 0.6) is 0 Å². The van der Waals surface area contributed by atoms with Crippen molar-refractivity contribution in [3.8, 4) is 11.1 Å². The van der Waals surface area contributed by atoms with Crippen molar-refractivity contribution in [1.82, 2.24) is 0 Å². The van der Waals surface area contributed by atoms with E-state index in [0.29, 0.717) is 0 Å². The molecule has 2 rings (SSSR count). The van der Waals surface area contributed by atoms with Crippen LogP contribution in [0.15, 0.2) is 30.3 Å². The first-order valence-electron chi connectivity index (χ1n) is 5.39. The normalized spacial score (nSPS) is 10.5. The highest BCUT2D eigenvalue weighted by atomic mass is 19.2. The molecule has 0 heterocycles. The van der Waals surface area contributed by atoms with E-state index in [9.17, 15) is 18.0 Å². The van der Waals surface area contributed by atoms with E-state index in [4.69, 9.17) is 5.11 Å². The van der Waals surface area contributed by atoms with E-state index >= 15 is 0 Å².